The molecule has 0 spiro atoms. The van der Waals surface area contributed by atoms with Gasteiger partial charge in [-0.25, -0.2) is 4.79 Å². The van der Waals surface area contributed by atoms with Crippen molar-refractivity contribution in [1.29, 1.82) is 0 Å². The molecular weight excluding hydrogens is 240 g/mol. The molecule has 100 valence electrons. The summed E-state index contributed by atoms with van der Waals surface area (Å²) in [6, 6.07) is 5.48. The van der Waals surface area contributed by atoms with Gasteiger partial charge in [0.25, 0.3) is 0 Å². The predicted octanol–water partition coefficient (Wildman–Crippen LogP) is 3.97. The van der Waals surface area contributed by atoms with Crippen molar-refractivity contribution in [2.45, 2.75) is 38.5 Å². The van der Waals surface area contributed by atoms with Crippen LogP contribution in [0.15, 0.2) is 22.6 Å². The second kappa shape index (κ2) is 4.12. The number of ether oxygens (including phenoxy) is 1. The van der Waals surface area contributed by atoms with E-state index in [2.05, 4.69) is 13.8 Å². The summed E-state index contributed by atoms with van der Waals surface area (Å²) in [4.78, 5) is 11.6. The Morgan fingerprint density at radius 1 is 1.37 bits per heavy atom. The zero-order valence-electron chi connectivity index (χ0n) is 11.6. The first-order valence-corrected chi connectivity index (χ1v) is 6.67. The summed E-state index contributed by atoms with van der Waals surface area (Å²) in [5.41, 5.74) is 2.76. The number of furan rings is 1. The second-order valence-electron chi connectivity index (χ2n) is 5.67. The predicted molar refractivity (Wildman–Crippen MR) is 73.5 cm³/mol. The molecule has 0 radical (unpaired) electrons. The average Bonchev–Trinajstić information content (AvgIpc) is 2.72. The van der Waals surface area contributed by atoms with Crippen molar-refractivity contribution in [1.82, 2.24) is 0 Å². The number of aryl methyl sites for hydroxylation is 1. The third-order valence-electron chi connectivity index (χ3n) is 4.36. The molecule has 1 fully saturated rings. The van der Waals surface area contributed by atoms with E-state index in [0.717, 1.165) is 22.3 Å². The van der Waals surface area contributed by atoms with Gasteiger partial charge in [0.15, 0.2) is 0 Å². The fraction of sp³-hybridized carbons (Fsp3) is 0.438. The summed E-state index contributed by atoms with van der Waals surface area (Å²) < 4.78 is 10.8. The van der Waals surface area contributed by atoms with Crippen LogP contribution in [0.5, 0.6) is 0 Å². The zero-order valence-corrected chi connectivity index (χ0v) is 11.6. The molecule has 1 aromatic heterocycles. The number of esters is 1. The van der Waals surface area contributed by atoms with E-state index in [9.17, 15) is 4.79 Å². The molecule has 19 heavy (non-hydrogen) atoms. The number of hydrogen-bond acceptors (Lipinski definition) is 3. The summed E-state index contributed by atoms with van der Waals surface area (Å²) in [5, 5.41) is 1.02. The highest BCUT2D eigenvalue weighted by atomic mass is 16.5. The van der Waals surface area contributed by atoms with Crippen molar-refractivity contribution in [3.63, 3.8) is 0 Å². The van der Waals surface area contributed by atoms with Crippen LogP contribution in [0.1, 0.15) is 47.9 Å². The van der Waals surface area contributed by atoms with E-state index >= 15 is 0 Å². The van der Waals surface area contributed by atoms with Crippen LogP contribution >= 0.6 is 0 Å². The Morgan fingerprint density at radius 2 is 2.11 bits per heavy atom. The van der Waals surface area contributed by atoms with Crippen LogP contribution in [0.2, 0.25) is 0 Å². The maximum absolute atomic E-state index is 11.6. The molecule has 0 unspecified atom stereocenters. The Labute approximate surface area is 112 Å². The van der Waals surface area contributed by atoms with Crippen LogP contribution in [0, 0.1) is 6.92 Å². The standard InChI is InChI=1S/C16H18O3/c1-10-12-9-11(15(17)18-3)5-6-13(12)19-14(10)16(2)7-4-8-16/h5-6,9H,4,7-8H2,1-3H3. The van der Waals surface area contributed by atoms with E-state index in [0.29, 0.717) is 5.56 Å². The monoisotopic (exact) mass is 258 g/mol. The third kappa shape index (κ3) is 1.76. The lowest BCUT2D eigenvalue weighted by Crippen LogP contribution is -2.30. The Kier molecular flexibility index (Phi) is 2.66. The second-order valence-corrected chi connectivity index (χ2v) is 5.67. The molecule has 2 aromatic rings. The van der Waals surface area contributed by atoms with Crippen LogP contribution in [-0.2, 0) is 10.2 Å². The average molecular weight is 258 g/mol. The van der Waals surface area contributed by atoms with E-state index in [4.69, 9.17) is 9.15 Å². The number of rotatable bonds is 2. The van der Waals surface area contributed by atoms with Crippen LogP contribution in [0.4, 0.5) is 0 Å². The highest BCUT2D eigenvalue weighted by Crippen LogP contribution is 2.46. The third-order valence-corrected chi connectivity index (χ3v) is 4.36. The molecule has 0 amide bonds. The van der Waals surface area contributed by atoms with Gasteiger partial charge in [-0.15, -0.1) is 0 Å². The van der Waals surface area contributed by atoms with Crippen molar-refractivity contribution in [3.8, 4) is 0 Å². The van der Waals surface area contributed by atoms with Gasteiger partial charge < -0.3 is 9.15 Å². The lowest BCUT2D eigenvalue weighted by atomic mass is 9.68. The maximum atomic E-state index is 11.6. The van der Waals surface area contributed by atoms with Gasteiger partial charge in [-0.1, -0.05) is 13.3 Å². The molecule has 0 atom stereocenters. The first kappa shape index (κ1) is 12.3. The van der Waals surface area contributed by atoms with Gasteiger partial charge in [-0.3, -0.25) is 0 Å². The summed E-state index contributed by atoms with van der Waals surface area (Å²) in [6.45, 7) is 4.33. The van der Waals surface area contributed by atoms with E-state index in [-0.39, 0.29) is 11.4 Å². The van der Waals surface area contributed by atoms with E-state index in [1.54, 1.807) is 6.07 Å². The van der Waals surface area contributed by atoms with Crippen LogP contribution in [-0.4, -0.2) is 13.1 Å². The smallest absolute Gasteiger partial charge is 0.337 e. The highest BCUT2D eigenvalue weighted by molar-refractivity contribution is 5.95. The molecule has 3 nitrogen and oxygen atoms in total. The molecule has 1 saturated carbocycles. The van der Waals surface area contributed by atoms with Gasteiger partial charge in [-0.2, -0.15) is 0 Å². The van der Waals surface area contributed by atoms with Crippen LogP contribution < -0.4 is 0 Å². The van der Waals surface area contributed by atoms with Crippen LogP contribution in [0.25, 0.3) is 11.0 Å². The van der Waals surface area contributed by atoms with E-state index in [1.165, 1.54) is 26.4 Å². The molecule has 1 heterocycles. The van der Waals surface area contributed by atoms with Crippen LogP contribution in [0.3, 0.4) is 0 Å². The fourth-order valence-corrected chi connectivity index (χ4v) is 2.98. The van der Waals surface area contributed by atoms with Crippen molar-refractivity contribution >= 4 is 16.9 Å². The quantitative estimate of drug-likeness (QED) is 0.765. The van der Waals surface area contributed by atoms with Gasteiger partial charge in [-0.05, 0) is 43.5 Å². The fourth-order valence-electron chi connectivity index (χ4n) is 2.98. The molecule has 0 N–H and O–H groups in total. The molecule has 1 aromatic carbocycles. The summed E-state index contributed by atoms with van der Waals surface area (Å²) in [5.74, 6) is 0.773. The summed E-state index contributed by atoms with van der Waals surface area (Å²) in [6.07, 6.45) is 3.62. The number of carbonyl (C=O) groups excluding carboxylic acids is 1. The number of carbonyl (C=O) groups is 1. The molecule has 1 aliphatic carbocycles. The highest BCUT2D eigenvalue weighted by Gasteiger charge is 2.38. The van der Waals surface area contributed by atoms with Gasteiger partial charge in [0, 0.05) is 10.8 Å². The van der Waals surface area contributed by atoms with Gasteiger partial charge >= 0.3 is 5.97 Å². The minimum atomic E-state index is -0.307. The van der Waals surface area contributed by atoms with Gasteiger partial charge in [0.1, 0.15) is 11.3 Å². The minimum Gasteiger partial charge on any atom is -0.465 e. The van der Waals surface area contributed by atoms with Gasteiger partial charge in [0.2, 0.25) is 0 Å². The number of benzene rings is 1. The summed E-state index contributed by atoms with van der Waals surface area (Å²) >= 11 is 0. The first-order valence-electron chi connectivity index (χ1n) is 6.67. The molecule has 3 heteroatoms. The van der Waals surface area contributed by atoms with Gasteiger partial charge in [0.05, 0.1) is 12.7 Å². The van der Waals surface area contributed by atoms with Crippen molar-refractivity contribution in [3.05, 3.63) is 35.1 Å². The topological polar surface area (TPSA) is 39.4 Å². The minimum absolute atomic E-state index is 0.175. The lowest BCUT2D eigenvalue weighted by molar-refractivity contribution is 0.0601. The Bertz CT molecular complexity index is 647. The Morgan fingerprint density at radius 3 is 2.68 bits per heavy atom. The molecule has 0 aliphatic heterocycles. The Hall–Kier alpha value is -1.77. The number of fused-ring (bicyclic) bond motifs is 1. The molecule has 3 rings (SSSR count). The normalized spacial score (nSPS) is 17.2. The molecule has 0 saturated heterocycles. The molecule has 1 aliphatic rings. The van der Waals surface area contributed by atoms with Crippen molar-refractivity contribution in [2.75, 3.05) is 7.11 Å². The molecule has 0 bridgehead atoms. The van der Waals surface area contributed by atoms with Crippen molar-refractivity contribution in [2.24, 2.45) is 0 Å². The zero-order chi connectivity index (χ0) is 13.6. The van der Waals surface area contributed by atoms with Crippen molar-refractivity contribution < 1.29 is 13.9 Å². The first-order chi connectivity index (χ1) is 9.05. The number of hydrogen-bond donors (Lipinski definition) is 0. The Balaban J connectivity index is 2.13. The molecular formula is C16H18O3. The number of methoxy groups -OCH3 is 1. The lowest BCUT2D eigenvalue weighted by Gasteiger charge is -2.36. The summed E-state index contributed by atoms with van der Waals surface area (Å²) in [7, 11) is 1.40. The SMILES string of the molecule is COC(=O)c1ccc2oc(C3(C)CCC3)c(C)c2c1. The largest absolute Gasteiger partial charge is 0.465 e. The maximum Gasteiger partial charge on any atom is 0.337 e. The van der Waals surface area contributed by atoms with E-state index < -0.39 is 0 Å². The van der Waals surface area contributed by atoms with E-state index in [1.807, 2.05) is 12.1 Å².